The number of hydrogen-bond acceptors (Lipinski definition) is 4. The van der Waals surface area contributed by atoms with Crippen LogP contribution >= 0.6 is 0 Å². The fourth-order valence-electron chi connectivity index (χ4n) is 3.38. The molecular weight excluding hydrogens is 354 g/mol. The van der Waals surface area contributed by atoms with Gasteiger partial charge in [0.15, 0.2) is 5.82 Å². The molecular formula is C21H25N5O2. The molecule has 28 heavy (non-hydrogen) atoms. The maximum absolute atomic E-state index is 12.8. The van der Waals surface area contributed by atoms with Gasteiger partial charge in [-0.3, -0.25) is 9.59 Å². The lowest BCUT2D eigenvalue weighted by Crippen LogP contribution is -2.34. The minimum absolute atomic E-state index is 0.296. The van der Waals surface area contributed by atoms with E-state index in [9.17, 15) is 9.59 Å². The Kier molecular flexibility index (Phi) is 5.18. The van der Waals surface area contributed by atoms with Crippen LogP contribution in [0.25, 0.3) is 5.82 Å². The molecule has 0 saturated carbocycles. The summed E-state index contributed by atoms with van der Waals surface area (Å²) in [5.41, 5.74) is 5.28. The SMILES string of the molecule is Cc1cc(C)c(NC(=O)C(C)n2nc(-n3nc(C)cc3C)ccc2=O)c(C)c1. The number of carbonyl (C=O) groups is 1. The molecule has 0 aliphatic rings. The van der Waals surface area contributed by atoms with E-state index in [1.54, 1.807) is 17.7 Å². The van der Waals surface area contributed by atoms with Gasteiger partial charge in [0, 0.05) is 17.4 Å². The number of nitrogens with one attached hydrogen (secondary N) is 1. The second-order valence-electron chi connectivity index (χ2n) is 7.25. The van der Waals surface area contributed by atoms with E-state index in [1.807, 2.05) is 52.8 Å². The zero-order valence-electron chi connectivity index (χ0n) is 17.1. The molecule has 0 aliphatic carbocycles. The van der Waals surface area contributed by atoms with Crippen LogP contribution in [-0.4, -0.2) is 25.5 Å². The van der Waals surface area contributed by atoms with Crippen molar-refractivity contribution in [2.24, 2.45) is 0 Å². The molecule has 0 aliphatic heterocycles. The van der Waals surface area contributed by atoms with E-state index < -0.39 is 6.04 Å². The third-order valence-corrected chi connectivity index (χ3v) is 4.71. The highest BCUT2D eigenvalue weighted by Gasteiger charge is 2.20. The Morgan fingerprint density at radius 1 is 1.00 bits per heavy atom. The molecule has 0 spiro atoms. The number of benzene rings is 1. The summed E-state index contributed by atoms with van der Waals surface area (Å²) < 4.78 is 2.85. The van der Waals surface area contributed by atoms with Crippen molar-refractivity contribution in [1.82, 2.24) is 19.6 Å². The van der Waals surface area contributed by atoms with E-state index in [4.69, 9.17) is 0 Å². The molecule has 1 atom stereocenters. The van der Waals surface area contributed by atoms with Crippen molar-refractivity contribution in [1.29, 1.82) is 0 Å². The highest BCUT2D eigenvalue weighted by molar-refractivity contribution is 5.94. The van der Waals surface area contributed by atoms with Crippen LogP contribution in [0.5, 0.6) is 0 Å². The molecule has 1 aromatic carbocycles. The van der Waals surface area contributed by atoms with Crippen molar-refractivity contribution in [3.05, 3.63) is 68.8 Å². The minimum Gasteiger partial charge on any atom is -0.324 e. The lowest BCUT2D eigenvalue weighted by Gasteiger charge is -2.18. The Hall–Kier alpha value is -3.22. The normalized spacial score (nSPS) is 12.1. The van der Waals surface area contributed by atoms with Crippen molar-refractivity contribution >= 4 is 11.6 Å². The maximum atomic E-state index is 12.8. The molecule has 3 aromatic rings. The predicted molar refractivity (Wildman–Crippen MR) is 109 cm³/mol. The first kappa shape index (κ1) is 19.5. The molecule has 1 amide bonds. The smallest absolute Gasteiger partial charge is 0.267 e. The van der Waals surface area contributed by atoms with Gasteiger partial charge < -0.3 is 5.32 Å². The number of rotatable bonds is 4. The zero-order valence-corrected chi connectivity index (χ0v) is 17.1. The molecule has 0 saturated heterocycles. The standard InChI is InChI=1S/C21H25N5O2/c1-12-9-13(2)20(14(3)10-12)22-21(28)17(6)26-19(27)8-7-18(24-26)25-16(5)11-15(4)23-25/h7-11,17H,1-6H3,(H,22,28). The second kappa shape index (κ2) is 7.42. The van der Waals surface area contributed by atoms with Gasteiger partial charge in [-0.1, -0.05) is 17.7 Å². The first-order valence-electron chi connectivity index (χ1n) is 9.19. The number of carbonyl (C=O) groups excluding carboxylic acids is 1. The van der Waals surface area contributed by atoms with E-state index in [0.717, 1.165) is 33.8 Å². The second-order valence-corrected chi connectivity index (χ2v) is 7.25. The van der Waals surface area contributed by atoms with Crippen molar-refractivity contribution in [2.75, 3.05) is 5.32 Å². The molecule has 0 fully saturated rings. The summed E-state index contributed by atoms with van der Waals surface area (Å²) in [7, 11) is 0. The summed E-state index contributed by atoms with van der Waals surface area (Å²) in [5, 5.41) is 11.7. The summed E-state index contributed by atoms with van der Waals surface area (Å²) in [6.07, 6.45) is 0. The van der Waals surface area contributed by atoms with Crippen molar-refractivity contribution < 1.29 is 4.79 Å². The Labute approximate surface area is 164 Å². The maximum Gasteiger partial charge on any atom is 0.267 e. The van der Waals surface area contributed by atoms with Crippen LogP contribution < -0.4 is 10.9 Å². The lowest BCUT2D eigenvalue weighted by atomic mass is 10.0. The van der Waals surface area contributed by atoms with Crippen LogP contribution in [0.1, 0.15) is 41.0 Å². The van der Waals surface area contributed by atoms with Crippen LogP contribution in [0.15, 0.2) is 35.1 Å². The van der Waals surface area contributed by atoms with Crippen LogP contribution in [0, 0.1) is 34.6 Å². The summed E-state index contributed by atoms with van der Waals surface area (Å²) >= 11 is 0. The zero-order chi connectivity index (χ0) is 20.6. The quantitative estimate of drug-likeness (QED) is 0.755. The third kappa shape index (κ3) is 3.74. The average Bonchev–Trinajstić information content (AvgIpc) is 2.96. The summed E-state index contributed by atoms with van der Waals surface area (Å²) in [6, 6.07) is 8.20. The highest BCUT2D eigenvalue weighted by atomic mass is 16.2. The predicted octanol–water partition coefficient (Wildman–Crippen LogP) is 3.17. The van der Waals surface area contributed by atoms with Gasteiger partial charge in [-0.25, -0.2) is 9.36 Å². The molecule has 7 heteroatoms. The van der Waals surface area contributed by atoms with Gasteiger partial charge in [-0.05, 0) is 64.8 Å². The number of anilines is 1. The molecule has 2 aromatic heterocycles. The summed E-state index contributed by atoms with van der Waals surface area (Å²) in [5.74, 6) is 0.197. The van der Waals surface area contributed by atoms with Gasteiger partial charge in [-0.15, -0.1) is 5.10 Å². The van der Waals surface area contributed by atoms with Gasteiger partial charge in [-0.2, -0.15) is 5.10 Å². The first-order chi connectivity index (χ1) is 13.2. The van der Waals surface area contributed by atoms with Crippen LogP contribution in [0.2, 0.25) is 0 Å². The van der Waals surface area contributed by atoms with Gasteiger partial charge in [0.2, 0.25) is 5.91 Å². The monoisotopic (exact) mass is 379 g/mol. The Balaban J connectivity index is 1.93. The number of amides is 1. The molecule has 1 N–H and O–H groups in total. The van der Waals surface area contributed by atoms with E-state index >= 15 is 0 Å². The highest BCUT2D eigenvalue weighted by Crippen LogP contribution is 2.23. The van der Waals surface area contributed by atoms with Crippen molar-refractivity contribution in [2.45, 2.75) is 47.6 Å². The fourth-order valence-corrected chi connectivity index (χ4v) is 3.38. The number of nitrogens with zero attached hydrogens (tertiary/aromatic N) is 4. The number of aryl methyl sites for hydroxylation is 5. The van der Waals surface area contributed by atoms with Crippen LogP contribution in [0.3, 0.4) is 0 Å². The first-order valence-corrected chi connectivity index (χ1v) is 9.19. The van der Waals surface area contributed by atoms with Gasteiger partial charge >= 0.3 is 0 Å². The molecule has 146 valence electrons. The molecule has 7 nitrogen and oxygen atoms in total. The van der Waals surface area contributed by atoms with E-state index in [0.29, 0.717) is 5.82 Å². The Morgan fingerprint density at radius 3 is 2.21 bits per heavy atom. The van der Waals surface area contributed by atoms with E-state index in [2.05, 4.69) is 15.5 Å². The molecule has 0 bridgehead atoms. The van der Waals surface area contributed by atoms with Gasteiger partial charge in [0.1, 0.15) is 6.04 Å². The largest absolute Gasteiger partial charge is 0.324 e. The average molecular weight is 379 g/mol. The lowest BCUT2D eigenvalue weighted by molar-refractivity contribution is -0.119. The van der Waals surface area contributed by atoms with Crippen LogP contribution in [-0.2, 0) is 4.79 Å². The van der Waals surface area contributed by atoms with Gasteiger partial charge in [0.05, 0.1) is 5.69 Å². The number of hydrogen-bond donors (Lipinski definition) is 1. The Morgan fingerprint density at radius 2 is 1.64 bits per heavy atom. The molecule has 3 rings (SSSR count). The summed E-state index contributed by atoms with van der Waals surface area (Å²) in [6.45, 7) is 11.4. The van der Waals surface area contributed by atoms with E-state index in [-0.39, 0.29) is 11.5 Å². The molecule has 2 heterocycles. The topological polar surface area (TPSA) is 81.8 Å². The van der Waals surface area contributed by atoms with Crippen molar-refractivity contribution in [3.63, 3.8) is 0 Å². The minimum atomic E-state index is -0.774. The number of aromatic nitrogens is 4. The Bertz CT molecular complexity index is 1090. The fraction of sp³-hybridized carbons (Fsp3) is 0.333. The molecule has 0 radical (unpaired) electrons. The summed E-state index contributed by atoms with van der Waals surface area (Å²) in [4.78, 5) is 25.2. The molecule has 1 unspecified atom stereocenters. The van der Waals surface area contributed by atoms with Gasteiger partial charge in [0.25, 0.3) is 5.56 Å². The van der Waals surface area contributed by atoms with Crippen LogP contribution in [0.4, 0.5) is 5.69 Å². The third-order valence-electron chi connectivity index (χ3n) is 4.71. The van der Waals surface area contributed by atoms with E-state index in [1.165, 1.54) is 10.7 Å². The van der Waals surface area contributed by atoms with Crippen molar-refractivity contribution in [3.8, 4) is 5.82 Å².